The Bertz CT molecular complexity index is 925. The third-order valence-electron chi connectivity index (χ3n) is 4.41. The molecule has 4 nitrogen and oxygen atoms in total. The molecule has 0 spiro atoms. The van der Waals surface area contributed by atoms with Crippen molar-refractivity contribution in [2.45, 2.75) is 24.9 Å². The van der Waals surface area contributed by atoms with Gasteiger partial charge in [-0.25, -0.2) is 0 Å². The Morgan fingerprint density at radius 3 is 2.77 bits per heavy atom. The summed E-state index contributed by atoms with van der Waals surface area (Å²) in [6, 6.07) is 9.86. The molecule has 2 aromatic carbocycles. The lowest BCUT2D eigenvalue weighted by molar-refractivity contribution is -0.117. The summed E-state index contributed by atoms with van der Waals surface area (Å²) in [6.45, 7) is 0. The summed E-state index contributed by atoms with van der Waals surface area (Å²) in [6.07, 6.45) is 1.83. The van der Waals surface area contributed by atoms with E-state index in [1.54, 1.807) is 0 Å². The van der Waals surface area contributed by atoms with E-state index < -0.39 is 5.60 Å². The van der Waals surface area contributed by atoms with Crippen LogP contribution in [0.4, 0.5) is 0 Å². The summed E-state index contributed by atoms with van der Waals surface area (Å²) in [5.74, 6) is -0.352. The van der Waals surface area contributed by atoms with E-state index in [9.17, 15) is 9.90 Å². The summed E-state index contributed by atoms with van der Waals surface area (Å²) in [4.78, 5) is 14.7. The first-order valence-electron chi connectivity index (χ1n) is 7.22. The Morgan fingerprint density at radius 1 is 1.32 bits per heavy atom. The summed E-state index contributed by atoms with van der Waals surface area (Å²) >= 11 is 3.58. The molecular weight excluding hydrogens is 344 g/mol. The van der Waals surface area contributed by atoms with E-state index in [0.29, 0.717) is 0 Å². The van der Waals surface area contributed by atoms with Crippen LogP contribution >= 0.6 is 15.9 Å². The Kier molecular flexibility index (Phi) is 2.86. The van der Waals surface area contributed by atoms with Crippen LogP contribution in [-0.2, 0) is 16.8 Å². The van der Waals surface area contributed by atoms with Crippen LogP contribution in [0.5, 0.6) is 0 Å². The van der Waals surface area contributed by atoms with Crippen molar-refractivity contribution in [3.63, 3.8) is 0 Å². The average molecular weight is 359 g/mol. The van der Waals surface area contributed by atoms with E-state index in [1.807, 2.05) is 30.3 Å². The van der Waals surface area contributed by atoms with Gasteiger partial charge in [0.25, 0.3) is 0 Å². The van der Waals surface area contributed by atoms with Crippen LogP contribution in [-0.4, -0.2) is 16.0 Å². The molecule has 0 atom stereocenters. The predicted molar refractivity (Wildman–Crippen MR) is 89.5 cm³/mol. The van der Waals surface area contributed by atoms with Gasteiger partial charge in [0.1, 0.15) is 0 Å². The molecular formula is C17H15BrN2O2. The van der Waals surface area contributed by atoms with E-state index in [1.165, 1.54) is 0 Å². The molecule has 0 aliphatic heterocycles. The molecule has 1 amide bonds. The van der Waals surface area contributed by atoms with Crippen LogP contribution in [0.25, 0.3) is 21.8 Å². The van der Waals surface area contributed by atoms with Crippen molar-refractivity contribution >= 4 is 43.6 Å². The molecule has 5 heteroatoms. The van der Waals surface area contributed by atoms with Crippen molar-refractivity contribution in [3.8, 4) is 0 Å². The number of nitrogens with two attached hydrogens (primary N) is 1. The van der Waals surface area contributed by atoms with Gasteiger partial charge in [-0.1, -0.05) is 34.1 Å². The van der Waals surface area contributed by atoms with Crippen LogP contribution < -0.4 is 5.73 Å². The highest BCUT2D eigenvalue weighted by molar-refractivity contribution is 9.10. The van der Waals surface area contributed by atoms with Crippen molar-refractivity contribution in [3.05, 3.63) is 45.9 Å². The number of primary amides is 1. The first-order chi connectivity index (χ1) is 10.5. The number of aromatic amines is 1. The number of H-pyrrole nitrogens is 1. The Hall–Kier alpha value is -1.85. The van der Waals surface area contributed by atoms with E-state index in [-0.39, 0.29) is 12.3 Å². The van der Waals surface area contributed by atoms with Crippen LogP contribution in [0.1, 0.15) is 24.0 Å². The number of aliphatic hydroxyl groups is 1. The number of benzene rings is 2. The largest absolute Gasteiger partial charge is 0.385 e. The number of amides is 1. The van der Waals surface area contributed by atoms with E-state index in [0.717, 1.165) is 50.2 Å². The normalized spacial score (nSPS) is 16.3. The number of carbonyl (C=O) groups excluding carboxylic acids is 1. The van der Waals surface area contributed by atoms with Crippen molar-refractivity contribution in [2.24, 2.45) is 5.73 Å². The quantitative estimate of drug-likeness (QED) is 0.672. The minimum absolute atomic E-state index is 0.202. The van der Waals surface area contributed by atoms with Gasteiger partial charge in [0.15, 0.2) is 0 Å². The van der Waals surface area contributed by atoms with Gasteiger partial charge in [-0.3, -0.25) is 4.79 Å². The molecule has 1 fully saturated rings. The highest BCUT2D eigenvalue weighted by Gasteiger charge is 2.42. The molecule has 112 valence electrons. The number of halogens is 1. The molecule has 0 bridgehead atoms. The van der Waals surface area contributed by atoms with Gasteiger partial charge in [0.05, 0.1) is 17.5 Å². The zero-order chi connectivity index (χ0) is 15.5. The van der Waals surface area contributed by atoms with E-state index in [2.05, 4.69) is 20.9 Å². The number of fused-ring (bicyclic) bond motifs is 3. The molecule has 1 aliphatic carbocycles. The molecule has 22 heavy (non-hydrogen) atoms. The fraction of sp³-hybridized carbons (Fsp3) is 0.235. The lowest BCUT2D eigenvalue weighted by atomic mass is 10.0. The highest BCUT2D eigenvalue weighted by atomic mass is 79.9. The maximum absolute atomic E-state index is 11.3. The number of carbonyl (C=O) groups is 1. The Labute approximate surface area is 135 Å². The number of hydrogen-bond acceptors (Lipinski definition) is 2. The van der Waals surface area contributed by atoms with Crippen LogP contribution in [0.15, 0.2) is 34.8 Å². The van der Waals surface area contributed by atoms with Crippen molar-refractivity contribution < 1.29 is 9.90 Å². The van der Waals surface area contributed by atoms with Gasteiger partial charge in [0, 0.05) is 20.8 Å². The summed E-state index contributed by atoms with van der Waals surface area (Å²) in [5, 5.41) is 12.4. The second kappa shape index (κ2) is 4.57. The molecule has 1 aromatic heterocycles. The van der Waals surface area contributed by atoms with Gasteiger partial charge in [-0.05, 0) is 36.1 Å². The first kappa shape index (κ1) is 13.8. The lowest BCUT2D eigenvalue weighted by Crippen LogP contribution is -2.13. The molecule has 4 rings (SSSR count). The molecule has 1 saturated carbocycles. The molecule has 3 aromatic rings. The topological polar surface area (TPSA) is 79.1 Å². The predicted octanol–water partition coefficient (Wildman–Crippen LogP) is 3.09. The fourth-order valence-electron chi connectivity index (χ4n) is 3.06. The Morgan fingerprint density at radius 2 is 2.09 bits per heavy atom. The van der Waals surface area contributed by atoms with Crippen LogP contribution in [0, 0.1) is 0 Å². The third kappa shape index (κ3) is 2.04. The van der Waals surface area contributed by atoms with Gasteiger partial charge < -0.3 is 15.8 Å². The zero-order valence-corrected chi connectivity index (χ0v) is 13.4. The van der Waals surface area contributed by atoms with Gasteiger partial charge >= 0.3 is 0 Å². The monoisotopic (exact) mass is 358 g/mol. The molecule has 1 aliphatic rings. The molecule has 0 radical (unpaired) electrons. The lowest BCUT2D eigenvalue weighted by Gasteiger charge is -2.07. The zero-order valence-electron chi connectivity index (χ0n) is 11.8. The molecule has 1 heterocycles. The molecule has 0 unspecified atom stereocenters. The van der Waals surface area contributed by atoms with Crippen molar-refractivity contribution in [1.29, 1.82) is 0 Å². The minimum Gasteiger partial charge on any atom is -0.385 e. The number of rotatable bonds is 3. The van der Waals surface area contributed by atoms with Crippen molar-refractivity contribution in [1.82, 2.24) is 4.98 Å². The second-order valence-electron chi connectivity index (χ2n) is 6.02. The van der Waals surface area contributed by atoms with Crippen molar-refractivity contribution in [2.75, 3.05) is 0 Å². The standard InChI is InChI=1S/C17H15BrN2O2/c18-12-4-1-9(7-14(19)21)16-15(12)11-3-2-10(8-13(11)20-16)17(22)5-6-17/h1-4,8,20,22H,5-7H2,(H2,19,21). The number of nitrogens with one attached hydrogen (secondary N) is 1. The summed E-state index contributed by atoms with van der Waals surface area (Å²) in [7, 11) is 0. The maximum atomic E-state index is 11.3. The van der Waals surface area contributed by atoms with Gasteiger partial charge in [0.2, 0.25) is 5.91 Å². The highest BCUT2D eigenvalue weighted by Crippen LogP contribution is 2.46. The fourth-order valence-corrected chi connectivity index (χ4v) is 3.60. The van der Waals surface area contributed by atoms with Crippen LogP contribution in [0.2, 0.25) is 0 Å². The third-order valence-corrected chi connectivity index (χ3v) is 5.08. The average Bonchev–Trinajstić information content (AvgIpc) is 3.10. The molecule has 4 N–H and O–H groups in total. The maximum Gasteiger partial charge on any atom is 0.221 e. The first-order valence-corrected chi connectivity index (χ1v) is 8.01. The van der Waals surface area contributed by atoms with E-state index >= 15 is 0 Å². The summed E-state index contributed by atoms with van der Waals surface area (Å²) in [5.41, 5.74) is 8.40. The van der Waals surface area contributed by atoms with Gasteiger partial charge in [-0.15, -0.1) is 0 Å². The summed E-state index contributed by atoms with van der Waals surface area (Å²) < 4.78 is 0.972. The number of hydrogen-bond donors (Lipinski definition) is 3. The number of aromatic nitrogens is 1. The minimum atomic E-state index is -0.654. The SMILES string of the molecule is NC(=O)Cc1ccc(Br)c2c1[nH]c1cc(C3(O)CC3)ccc12. The smallest absolute Gasteiger partial charge is 0.221 e. The Balaban J connectivity index is 1.99. The molecule has 0 saturated heterocycles. The van der Waals surface area contributed by atoms with Crippen LogP contribution in [0.3, 0.4) is 0 Å². The van der Waals surface area contributed by atoms with Gasteiger partial charge in [-0.2, -0.15) is 0 Å². The van der Waals surface area contributed by atoms with E-state index in [4.69, 9.17) is 5.73 Å². The second-order valence-corrected chi connectivity index (χ2v) is 6.87.